The molecule has 0 aromatic rings. The van der Waals surface area contributed by atoms with Gasteiger partial charge in [0, 0.05) is 0 Å². The van der Waals surface area contributed by atoms with Gasteiger partial charge in [-0.05, 0) is 25.7 Å². The molecule has 1 N–H and O–H groups in total. The third-order valence-corrected chi connectivity index (χ3v) is 8.19. The zero-order valence-electron chi connectivity index (χ0n) is 26.7. The normalized spacial score (nSPS) is 11.9. The molecule has 0 aliphatic rings. The molecule has 0 heterocycles. The van der Waals surface area contributed by atoms with E-state index in [2.05, 4.69) is 6.58 Å². The summed E-state index contributed by atoms with van der Waals surface area (Å²) < 4.78 is 5.03. The molecule has 4 heteroatoms. The molecule has 40 heavy (non-hydrogen) atoms. The van der Waals surface area contributed by atoms with Gasteiger partial charge in [-0.3, -0.25) is 9.59 Å². The Morgan fingerprint density at radius 3 is 1.23 bits per heavy atom. The fourth-order valence-electron chi connectivity index (χ4n) is 5.53. The number of ether oxygens (including phenoxy) is 1. The Morgan fingerprint density at radius 1 is 0.600 bits per heavy atom. The Bertz CT molecular complexity index is 559. The molecule has 0 bridgehead atoms. The highest BCUT2D eigenvalue weighted by molar-refractivity contribution is 5.78. The Labute approximate surface area is 249 Å². The van der Waals surface area contributed by atoms with Gasteiger partial charge in [-0.15, -0.1) is 6.58 Å². The average molecular weight is 565 g/mol. The van der Waals surface area contributed by atoms with Crippen molar-refractivity contribution >= 4 is 11.9 Å². The van der Waals surface area contributed by atoms with E-state index in [1.807, 2.05) is 13.0 Å². The van der Waals surface area contributed by atoms with E-state index in [0.717, 1.165) is 19.3 Å². The number of carbonyl (C=O) groups excluding carboxylic acids is 1. The van der Waals surface area contributed by atoms with Crippen molar-refractivity contribution in [3.05, 3.63) is 12.7 Å². The van der Waals surface area contributed by atoms with Crippen LogP contribution in [0.4, 0.5) is 0 Å². The van der Waals surface area contributed by atoms with Crippen LogP contribution in [-0.2, 0) is 14.3 Å². The summed E-state index contributed by atoms with van der Waals surface area (Å²) in [6.07, 6.45) is 38.5. The number of aliphatic carboxylic acids is 1. The van der Waals surface area contributed by atoms with Gasteiger partial charge >= 0.3 is 11.9 Å². The van der Waals surface area contributed by atoms with Crippen molar-refractivity contribution < 1.29 is 19.4 Å². The standard InChI is InChI=1S/C36H68O4/c1-3-5-6-7-8-9-10-11-12-13-14-15-16-17-18-19-20-21-22-23-24-25-26-27-28-29-30-31-34(36(38)39)33-35(37)40-32-4-2/h3,34H,1,4-33H2,2H3,(H,38,39). The first-order valence-electron chi connectivity index (χ1n) is 17.6. The van der Waals surface area contributed by atoms with Crippen molar-refractivity contribution in [3.8, 4) is 0 Å². The monoisotopic (exact) mass is 565 g/mol. The van der Waals surface area contributed by atoms with Crippen LogP contribution in [0.25, 0.3) is 0 Å². The molecular weight excluding hydrogens is 496 g/mol. The van der Waals surface area contributed by atoms with Crippen LogP contribution in [0.1, 0.15) is 193 Å². The summed E-state index contributed by atoms with van der Waals surface area (Å²) in [5.41, 5.74) is 0. The first-order valence-corrected chi connectivity index (χ1v) is 17.6. The molecule has 236 valence electrons. The minimum Gasteiger partial charge on any atom is -0.481 e. The van der Waals surface area contributed by atoms with E-state index in [9.17, 15) is 14.7 Å². The number of unbranched alkanes of at least 4 members (excludes halogenated alkanes) is 25. The molecule has 0 radical (unpaired) electrons. The third kappa shape index (κ3) is 29.7. The number of esters is 1. The largest absolute Gasteiger partial charge is 0.481 e. The molecule has 0 aromatic heterocycles. The Balaban J connectivity index is 3.26. The highest BCUT2D eigenvalue weighted by Crippen LogP contribution is 2.18. The van der Waals surface area contributed by atoms with Crippen LogP contribution in [-0.4, -0.2) is 23.7 Å². The predicted molar refractivity (Wildman–Crippen MR) is 172 cm³/mol. The first-order chi connectivity index (χ1) is 19.6. The summed E-state index contributed by atoms with van der Waals surface area (Å²) in [4.78, 5) is 23.1. The van der Waals surface area contributed by atoms with E-state index in [1.54, 1.807) is 0 Å². The second-order valence-electron chi connectivity index (χ2n) is 12.2. The molecule has 0 aliphatic carbocycles. The molecule has 0 saturated carbocycles. The lowest BCUT2D eigenvalue weighted by atomic mass is 9.97. The van der Waals surface area contributed by atoms with Crippen LogP contribution in [0.3, 0.4) is 0 Å². The second kappa shape index (κ2) is 32.2. The topological polar surface area (TPSA) is 63.6 Å². The molecule has 0 saturated heterocycles. The van der Waals surface area contributed by atoms with Gasteiger partial charge in [-0.25, -0.2) is 0 Å². The summed E-state index contributed by atoms with van der Waals surface area (Å²) >= 11 is 0. The van der Waals surface area contributed by atoms with Crippen molar-refractivity contribution in [3.63, 3.8) is 0 Å². The average Bonchev–Trinajstić information content (AvgIpc) is 2.94. The maximum atomic E-state index is 11.7. The van der Waals surface area contributed by atoms with Crippen LogP contribution < -0.4 is 0 Å². The molecule has 0 aliphatic heterocycles. The van der Waals surface area contributed by atoms with E-state index in [-0.39, 0.29) is 12.4 Å². The molecule has 4 nitrogen and oxygen atoms in total. The van der Waals surface area contributed by atoms with Crippen LogP contribution >= 0.6 is 0 Å². The molecule has 0 amide bonds. The van der Waals surface area contributed by atoms with Crippen LogP contribution in [0.2, 0.25) is 0 Å². The summed E-state index contributed by atoms with van der Waals surface area (Å²) in [7, 11) is 0. The van der Waals surface area contributed by atoms with Gasteiger partial charge in [0.05, 0.1) is 18.9 Å². The number of carbonyl (C=O) groups is 2. The molecule has 0 rings (SSSR count). The van der Waals surface area contributed by atoms with Crippen molar-refractivity contribution in [2.24, 2.45) is 5.92 Å². The van der Waals surface area contributed by atoms with Crippen LogP contribution in [0.5, 0.6) is 0 Å². The van der Waals surface area contributed by atoms with Crippen molar-refractivity contribution in [1.29, 1.82) is 0 Å². The van der Waals surface area contributed by atoms with Gasteiger partial charge in [0.15, 0.2) is 0 Å². The summed E-state index contributed by atoms with van der Waals surface area (Å²) in [6.45, 7) is 6.10. The first kappa shape index (κ1) is 38.7. The van der Waals surface area contributed by atoms with Crippen LogP contribution in [0.15, 0.2) is 12.7 Å². The molecular formula is C36H68O4. The fraction of sp³-hybridized carbons (Fsp3) is 0.889. The zero-order chi connectivity index (χ0) is 29.4. The molecule has 1 atom stereocenters. The lowest BCUT2D eigenvalue weighted by molar-refractivity contribution is -0.151. The van der Waals surface area contributed by atoms with Crippen molar-refractivity contribution in [1.82, 2.24) is 0 Å². The maximum Gasteiger partial charge on any atom is 0.307 e. The van der Waals surface area contributed by atoms with Gasteiger partial charge in [-0.2, -0.15) is 0 Å². The predicted octanol–water partition coefficient (Wildman–Crippen LogP) is 11.7. The van der Waals surface area contributed by atoms with Crippen molar-refractivity contribution in [2.75, 3.05) is 6.61 Å². The highest BCUT2D eigenvalue weighted by Gasteiger charge is 2.21. The number of carboxylic acid groups (broad SMARTS) is 1. The van der Waals surface area contributed by atoms with Gasteiger partial charge in [-0.1, -0.05) is 167 Å². The van der Waals surface area contributed by atoms with E-state index >= 15 is 0 Å². The summed E-state index contributed by atoms with van der Waals surface area (Å²) in [5.74, 6) is -1.85. The molecule has 1 unspecified atom stereocenters. The van der Waals surface area contributed by atoms with Crippen molar-refractivity contribution in [2.45, 2.75) is 193 Å². The lowest BCUT2D eigenvalue weighted by Gasteiger charge is -2.11. The number of allylic oxidation sites excluding steroid dienone is 1. The smallest absolute Gasteiger partial charge is 0.307 e. The SMILES string of the molecule is C=CCCCCCCCCCCCCCCCCCCCCCCCCCCCC(CC(=O)OCCC)C(=O)O. The molecule has 0 spiro atoms. The van der Waals surface area contributed by atoms with E-state index in [0.29, 0.717) is 13.0 Å². The van der Waals surface area contributed by atoms with E-state index < -0.39 is 11.9 Å². The highest BCUT2D eigenvalue weighted by atomic mass is 16.5. The second-order valence-corrected chi connectivity index (χ2v) is 12.2. The Hall–Kier alpha value is -1.32. The minimum absolute atomic E-state index is 0.00714. The fourth-order valence-corrected chi connectivity index (χ4v) is 5.53. The third-order valence-electron chi connectivity index (χ3n) is 8.19. The van der Waals surface area contributed by atoms with Gasteiger partial charge in [0.25, 0.3) is 0 Å². The Kier molecular flexibility index (Phi) is 31.1. The Morgan fingerprint density at radius 2 is 0.925 bits per heavy atom. The van der Waals surface area contributed by atoms with Gasteiger partial charge in [0.1, 0.15) is 0 Å². The minimum atomic E-state index is -0.874. The molecule has 0 fully saturated rings. The molecule has 0 aromatic carbocycles. The number of carboxylic acids is 1. The van der Waals surface area contributed by atoms with Crippen LogP contribution in [0, 0.1) is 5.92 Å². The lowest BCUT2D eigenvalue weighted by Crippen LogP contribution is -2.19. The van der Waals surface area contributed by atoms with Gasteiger partial charge in [0.2, 0.25) is 0 Å². The summed E-state index contributed by atoms with van der Waals surface area (Å²) in [5, 5.41) is 9.34. The number of rotatable bonds is 33. The maximum absolute atomic E-state index is 11.7. The number of hydrogen-bond donors (Lipinski definition) is 1. The van der Waals surface area contributed by atoms with E-state index in [1.165, 1.54) is 154 Å². The summed E-state index contributed by atoms with van der Waals surface area (Å²) in [6, 6.07) is 0. The number of hydrogen-bond acceptors (Lipinski definition) is 3. The van der Waals surface area contributed by atoms with Gasteiger partial charge < -0.3 is 9.84 Å². The quantitative estimate of drug-likeness (QED) is 0.0489. The van der Waals surface area contributed by atoms with E-state index in [4.69, 9.17) is 4.74 Å². The zero-order valence-corrected chi connectivity index (χ0v) is 26.7.